The zero-order valence-electron chi connectivity index (χ0n) is 14.7. The molecule has 4 atom stereocenters. The Labute approximate surface area is 155 Å². The summed E-state index contributed by atoms with van der Waals surface area (Å²) in [6.45, 7) is 0.218. The van der Waals surface area contributed by atoms with Gasteiger partial charge >= 0.3 is 6.18 Å². The average molecular weight is 400 g/mol. The molecular formula is C18H19F3N2O3S. The van der Waals surface area contributed by atoms with Gasteiger partial charge in [-0.1, -0.05) is 0 Å². The van der Waals surface area contributed by atoms with E-state index in [0.717, 1.165) is 35.7 Å². The monoisotopic (exact) mass is 400 g/mol. The number of halogens is 3. The topological polar surface area (TPSA) is 70.4 Å². The van der Waals surface area contributed by atoms with E-state index in [1.165, 1.54) is 19.2 Å². The molecule has 0 aromatic heterocycles. The van der Waals surface area contributed by atoms with E-state index in [1.807, 2.05) is 0 Å². The maximum atomic E-state index is 13.5. The minimum Gasteiger partial charge on any atom is -0.383 e. The van der Waals surface area contributed by atoms with Crippen molar-refractivity contribution in [2.45, 2.75) is 30.2 Å². The number of nitrogens with zero attached hydrogens (tertiary/aromatic N) is 2. The van der Waals surface area contributed by atoms with Crippen LogP contribution < -0.4 is 4.31 Å². The van der Waals surface area contributed by atoms with E-state index in [1.54, 1.807) is 0 Å². The normalized spacial score (nSPS) is 33.9. The predicted octanol–water partition coefficient (Wildman–Crippen LogP) is 3.16. The highest BCUT2D eigenvalue weighted by atomic mass is 32.2. The first-order chi connectivity index (χ1) is 12.7. The highest BCUT2D eigenvalue weighted by molar-refractivity contribution is 7.94. The Bertz CT molecular complexity index is 925. The molecule has 1 aliphatic heterocycles. The van der Waals surface area contributed by atoms with Gasteiger partial charge in [0.15, 0.2) is 0 Å². The molecule has 1 saturated heterocycles. The Hall–Kier alpha value is -1.79. The van der Waals surface area contributed by atoms with Crippen LogP contribution in [-0.2, 0) is 20.9 Å². The number of sulfonamides is 1. The third-order valence-electron chi connectivity index (χ3n) is 6.58. The molecule has 146 valence electrons. The van der Waals surface area contributed by atoms with Gasteiger partial charge in [-0.05, 0) is 49.3 Å². The Morgan fingerprint density at radius 2 is 2.11 bits per heavy atom. The largest absolute Gasteiger partial charge is 0.417 e. The fourth-order valence-corrected chi connectivity index (χ4v) is 8.21. The summed E-state index contributed by atoms with van der Waals surface area (Å²) in [4.78, 5) is 0. The van der Waals surface area contributed by atoms with E-state index in [2.05, 4.69) is 0 Å². The number of hydrogen-bond acceptors (Lipinski definition) is 4. The molecule has 2 bridgehead atoms. The number of alkyl halides is 3. The number of nitriles is 1. The second-order valence-corrected chi connectivity index (χ2v) is 9.79. The number of benzene rings is 1. The Morgan fingerprint density at radius 1 is 1.37 bits per heavy atom. The van der Waals surface area contributed by atoms with Crippen molar-refractivity contribution in [1.82, 2.24) is 0 Å². The fourth-order valence-electron chi connectivity index (χ4n) is 5.50. The van der Waals surface area contributed by atoms with Crippen LogP contribution in [0.3, 0.4) is 0 Å². The van der Waals surface area contributed by atoms with Crippen molar-refractivity contribution >= 4 is 15.7 Å². The van der Waals surface area contributed by atoms with Crippen molar-refractivity contribution in [2.75, 3.05) is 24.6 Å². The summed E-state index contributed by atoms with van der Waals surface area (Å²) in [6, 6.07) is 4.63. The number of methoxy groups -OCH3 is 1. The Balaban J connectivity index is 1.82. The van der Waals surface area contributed by atoms with E-state index >= 15 is 0 Å². The van der Waals surface area contributed by atoms with Gasteiger partial charge in [0.2, 0.25) is 10.0 Å². The number of hydrogen-bond donors (Lipinski definition) is 0. The zero-order valence-corrected chi connectivity index (χ0v) is 15.5. The molecule has 0 spiro atoms. The standard InChI is InChI=1S/C18H19F3N2O3S/c1-26-10-17-13-4-2-11(6-13)16(17)9-23(27(17,24)25)14-5-3-12(8-22)15(7-14)18(19,20)21/h3,5,7,11,13,16H,2,4,6,9-10H2,1H3/t11-,13+,16+,17-/m1/s1. The minimum atomic E-state index is -4.73. The van der Waals surface area contributed by atoms with E-state index in [-0.39, 0.29) is 36.6 Å². The van der Waals surface area contributed by atoms with Gasteiger partial charge in [-0.2, -0.15) is 18.4 Å². The van der Waals surface area contributed by atoms with E-state index in [4.69, 9.17) is 10.00 Å². The lowest BCUT2D eigenvalue weighted by atomic mass is 9.79. The van der Waals surface area contributed by atoms with Gasteiger partial charge in [0.05, 0.1) is 29.5 Å². The first-order valence-corrected chi connectivity index (χ1v) is 10.2. The maximum Gasteiger partial charge on any atom is 0.417 e. The van der Waals surface area contributed by atoms with Gasteiger partial charge in [-0.25, -0.2) is 8.42 Å². The van der Waals surface area contributed by atoms with Crippen LogP contribution in [0.25, 0.3) is 0 Å². The van der Waals surface area contributed by atoms with Crippen LogP contribution in [0.15, 0.2) is 18.2 Å². The highest BCUT2D eigenvalue weighted by Gasteiger charge is 2.70. The van der Waals surface area contributed by atoms with Crippen LogP contribution in [0, 0.1) is 29.1 Å². The molecule has 4 rings (SSSR count). The summed E-state index contributed by atoms with van der Waals surface area (Å²) >= 11 is 0. The molecule has 0 N–H and O–H groups in total. The van der Waals surface area contributed by atoms with Gasteiger partial charge < -0.3 is 4.74 Å². The molecular weight excluding hydrogens is 381 g/mol. The molecule has 3 aliphatic rings. The first kappa shape index (κ1) is 18.6. The maximum absolute atomic E-state index is 13.5. The van der Waals surface area contributed by atoms with Crippen molar-refractivity contribution in [3.8, 4) is 6.07 Å². The van der Waals surface area contributed by atoms with Crippen molar-refractivity contribution in [1.29, 1.82) is 5.26 Å². The third kappa shape index (κ3) is 2.36. The Kier molecular flexibility index (Phi) is 4.02. The van der Waals surface area contributed by atoms with Gasteiger partial charge in [0.25, 0.3) is 0 Å². The SMILES string of the molecule is COC[C@@]12[C@H]3CC[C@H](C3)[C@@H]1CN(c1ccc(C#N)c(C(F)(F)F)c1)S2(=O)=O. The van der Waals surface area contributed by atoms with Gasteiger partial charge in [0.1, 0.15) is 4.75 Å². The molecule has 2 saturated carbocycles. The smallest absolute Gasteiger partial charge is 0.383 e. The number of rotatable bonds is 3. The number of fused-ring (bicyclic) bond motifs is 5. The number of anilines is 1. The molecule has 0 radical (unpaired) electrons. The predicted molar refractivity (Wildman–Crippen MR) is 91.4 cm³/mol. The third-order valence-corrected chi connectivity index (χ3v) is 9.24. The zero-order chi connectivity index (χ0) is 19.6. The minimum absolute atomic E-state index is 0.0251. The first-order valence-electron chi connectivity index (χ1n) is 8.79. The lowest BCUT2D eigenvalue weighted by Crippen LogP contribution is -2.51. The molecule has 2 aliphatic carbocycles. The van der Waals surface area contributed by atoms with Crippen molar-refractivity contribution in [2.24, 2.45) is 17.8 Å². The van der Waals surface area contributed by atoms with Gasteiger partial charge in [0, 0.05) is 19.6 Å². The summed E-state index contributed by atoms with van der Waals surface area (Å²) in [5, 5.41) is 8.96. The Morgan fingerprint density at radius 3 is 2.74 bits per heavy atom. The quantitative estimate of drug-likeness (QED) is 0.782. The van der Waals surface area contributed by atoms with Crippen LogP contribution >= 0.6 is 0 Å². The van der Waals surface area contributed by atoms with Crippen molar-refractivity contribution in [3.05, 3.63) is 29.3 Å². The average Bonchev–Trinajstić information content (AvgIpc) is 3.25. The van der Waals surface area contributed by atoms with Crippen LogP contribution in [0.4, 0.5) is 18.9 Å². The highest BCUT2D eigenvalue weighted by Crippen LogP contribution is 2.62. The number of ether oxygens (including phenoxy) is 1. The molecule has 1 aromatic carbocycles. The second kappa shape index (κ2) is 5.85. The van der Waals surface area contributed by atoms with E-state index in [9.17, 15) is 21.6 Å². The van der Waals surface area contributed by atoms with Gasteiger partial charge in [-0.15, -0.1) is 0 Å². The molecule has 9 heteroatoms. The van der Waals surface area contributed by atoms with Gasteiger partial charge in [-0.3, -0.25) is 4.31 Å². The lowest BCUT2D eigenvalue weighted by Gasteiger charge is -2.36. The summed E-state index contributed by atoms with van der Waals surface area (Å²) in [7, 11) is -2.44. The van der Waals surface area contributed by atoms with Crippen molar-refractivity contribution < 1.29 is 26.3 Å². The molecule has 5 nitrogen and oxygen atoms in total. The molecule has 0 unspecified atom stereocenters. The van der Waals surface area contributed by atoms with E-state index in [0.29, 0.717) is 0 Å². The summed E-state index contributed by atoms with van der Waals surface area (Å²) in [6.07, 6.45) is -2.14. The lowest BCUT2D eigenvalue weighted by molar-refractivity contribution is -0.137. The van der Waals surface area contributed by atoms with Crippen LogP contribution in [-0.4, -0.2) is 33.4 Å². The molecule has 0 amide bonds. The van der Waals surface area contributed by atoms with Crippen molar-refractivity contribution in [3.63, 3.8) is 0 Å². The summed E-state index contributed by atoms with van der Waals surface area (Å²) in [5.74, 6) is 0.0829. The molecule has 1 heterocycles. The molecule has 1 aromatic rings. The second-order valence-electron chi connectivity index (χ2n) is 7.64. The molecule has 27 heavy (non-hydrogen) atoms. The van der Waals surface area contributed by atoms with E-state index < -0.39 is 32.1 Å². The summed E-state index contributed by atoms with van der Waals surface area (Å²) in [5.41, 5.74) is -1.67. The van der Waals surface area contributed by atoms with Crippen LogP contribution in [0.2, 0.25) is 0 Å². The molecule has 3 fully saturated rings. The van der Waals surface area contributed by atoms with Crippen LogP contribution in [0.1, 0.15) is 30.4 Å². The van der Waals surface area contributed by atoms with Crippen LogP contribution in [0.5, 0.6) is 0 Å². The summed E-state index contributed by atoms with van der Waals surface area (Å²) < 4.78 is 72.3. The fraction of sp³-hybridized carbons (Fsp3) is 0.611.